The number of nitrogens with zero attached hydrogens (tertiary/aromatic N) is 1. The molecule has 0 aliphatic heterocycles. The van der Waals surface area contributed by atoms with Gasteiger partial charge in [0.25, 0.3) is 0 Å². The third kappa shape index (κ3) is 1.80. The Bertz CT molecular complexity index is 556. The van der Waals surface area contributed by atoms with Gasteiger partial charge < -0.3 is 10.2 Å². The Morgan fingerprint density at radius 2 is 1.94 bits per heavy atom. The number of fused-ring (bicyclic) bond motifs is 1. The van der Waals surface area contributed by atoms with Gasteiger partial charge in [-0.25, -0.2) is 0 Å². The van der Waals surface area contributed by atoms with Gasteiger partial charge in [0.2, 0.25) is 0 Å². The van der Waals surface area contributed by atoms with Crippen molar-refractivity contribution in [1.29, 1.82) is 0 Å². The predicted molar refractivity (Wildman–Crippen MR) is 70.1 cm³/mol. The Morgan fingerprint density at radius 1 is 1.17 bits per heavy atom. The highest BCUT2D eigenvalue weighted by Gasteiger charge is 2.39. The van der Waals surface area contributed by atoms with Crippen LogP contribution in [0.2, 0.25) is 0 Å². The average molecular weight is 243 g/mol. The molecule has 1 aliphatic rings. The molecule has 1 unspecified atom stereocenters. The van der Waals surface area contributed by atoms with E-state index in [1.807, 2.05) is 24.3 Å². The second-order valence-electron chi connectivity index (χ2n) is 5.16. The first-order valence-corrected chi connectivity index (χ1v) is 6.44. The van der Waals surface area contributed by atoms with Gasteiger partial charge in [-0.05, 0) is 29.9 Å². The zero-order valence-corrected chi connectivity index (χ0v) is 10.2. The zero-order valence-electron chi connectivity index (χ0n) is 10.2. The van der Waals surface area contributed by atoms with Crippen molar-refractivity contribution in [3.05, 3.63) is 42.2 Å². The Labute approximate surface area is 106 Å². The Kier molecular flexibility index (Phi) is 2.80. The van der Waals surface area contributed by atoms with Crippen molar-refractivity contribution in [2.45, 2.75) is 37.4 Å². The summed E-state index contributed by atoms with van der Waals surface area (Å²) in [6.45, 7) is 0. The fraction of sp³-hybridized carbons (Fsp3) is 0.400. The third-order valence-electron chi connectivity index (χ3n) is 3.99. The molecule has 0 bridgehead atoms. The van der Waals surface area contributed by atoms with Crippen LogP contribution in [0.5, 0.6) is 0 Å². The molecule has 1 heterocycles. The van der Waals surface area contributed by atoms with Gasteiger partial charge in [0.05, 0.1) is 5.60 Å². The number of rotatable bonds is 2. The van der Waals surface area contributed by atoms with Crippen molar-refractivity contribution in [3.63, 3.8) is 0 Å². The van der Waals surface area contributed by atoms with Gasteiger partial charge in [0.1, 0.15) is 6.10 Å². The molecule has 3 nitrogen and oxygen atoms in total. The van der Waals surface area contributed by atoms with Crippen LogP contribution in [0.15, 0.2) is 36.7 Å². The first kappa shape index (κ1) is 11.6. The molecule has 1 fully saturated rings. The molecule has 18 heavy (non-hydrogen) atoms. The molecule has 3 heteroatoms. The molecule has 3 rings (SSSR count). The Balaban J connectivity index is 2.08. The van der Waals surface area contributed by atoms with Gasteiger partial charge in [0, 0.05) is 17.8 Å². The van der Waals surface area contributed by atoms with Crippen LogP contribution in [0.3, 0.4) is 0 Å². The van der Waals surface area contributed by atoms with E-state index in [1.165, 1.54) is 0 Å². The Hall–Kier alpha value is -1.45. The molecule has 1 aromatic heterocycles. The van der Waals surface area contributed by atoms with E-state index in [2.05, 4.69) is 4.98 Å². The molecule has 0 saturated heterocycles. The van der Waals surface area contributed by atoms with Crippen molar-refractivity contribution >= 4 is 10.8 Å². The zero-order chi connectivity index (χ0) is 12.6. The van der Waals surface area contributed by atoms with Gasteiger partial charge in [0.15, 0.2) is 0 Å². The number of benzene rings is 1. The Morgan fingerprint density at radius 3 is 2.72 bits per heavy atom. The summed E-state index contributed by atoms with van der Waals surface area (Å²) < 4.78 is 0. The molecule has 0 radical (unpaired) electrons. The predicted octanol–water partition coefficient (Wildman–Crippen LogP) is 2.57. The minimum Gasteiger partial charge on any atom is -0.387 e. The second-order valence-corrected chi connectivity index (χ2v) is 5.16. The van der Waals surface area contributed by atoms with Gasteiger partial charge in [-0.2, -0.15) is 0 Å². The summed E-state index contributed by atoms with van der Waals surface area (Å²) in [6.07, 6.45) is 6.01. The van der Waals surface area contributed by atoms with E-state index in [0.29, 0.717) is 12.8 Å². The van der Waals surface area contributed by atoms with E-state index in [9.17, 15) is 10.2 Å². The van der Waals surface area contributed by atoms with E-state index in [0.717, 1.165) is 29.2 Å². The van der Waals surface area contributed by atoms with Crippen molar-refractivity contribution in [2.75, 3.05) is 0 Å². The highest BCUT2D eigenvalue weighted by molar-refractivity contribution is 5.85. The number of aromatic nitrogens is 1. The lowest BCUT2D eigenvalue weighted by Crippen LogP contribution is -2.33. The summed E-state index contributed by atoms with van der Waals surface area (Å²) in [5, 5.41) is 23.0. The lowest BCUT2D eigenvalue weighted by atomic mass is 9.87. The maximum absolute atomic E-state index is 10.5. The van der Waals surface area contributed by atoms with Crippen LogP contribution in [0.4, 0.5) is 0 Å². The minimum absolute atomic E-state index is 0.676. The molecule has 1 aromatic carbocycles. The quantitative estimate of drug-likeness (QED) is 0.852. The summed E-state index contributed by atoms with van der Waals surface area (Å²) in [4.78, 5) is 4.08. The molecule has 1 aliphatic carbocycles. The SMILES string of the molecule is OC(c1cccc2cnccc12)C1(O)CCCC1. The maximum atomic E-state index is 10.5. The topological polar surface area (TPSA) is 53.4 Å². The monoisotopic (exact) mass is 243 g/mol. The van der Waals surface area contributed by atoms with E-state index >= 15 is 0 Å². The van der Waals surface area contributed by atoms with Crippen molar-refractivity contribution in [2.24, 2.45) is 0 Å². The van der Waals surface area contributed by atoms with E-state index in [4.69, 9.17) is 0 Å². The first-order valence-electron chi connectivity index (χ1n) is 6.44. The number of pyridine rings is 1. The summed E-state index contributed by atoms with van der Waals surface area (Å²) >= 11 is 0. The fourth-order valence-corrected chi connectivity index (χ4v) is 2.94. The summed E-state index contributed by atoms with van der Waals surface area (Å²) in [5.41, 5.74) is -0.156. The summed E-state index contributed by atoms with van der Waals surface area (Å²) in [7, 11) is 0. The standard InChI is InChI=1S/C15H17NO2/c17-14(15(18)7-1-2-8-15)13-5-3-4-11-10-16-9-6-12(11)13/h3-6,9-10,14,17-18H,1-2,7-8H2. The van der Waals surface area contributed by atoms with Crippen LogP contribution in [0, 0.1) is 0 Å². The normalized spacial score (nSPS) is 20.1. The minimum atomic E-state index is -0.961. The first-order chi connectivity index (χ1) is 8.71. The van der Waals surface area contributed by atoms with E-state index in [1.54, 1.807) is 12.4 Å². The lowest BCUT2D eigenvalue weighted by Gasteiger charge is -2.29. The second kappa shape index (κ2) is 4.34. The number of aliphatic hydroxyl groups is 2. The smallest absolute Gasteiger partial charge is 0.108 e. The summed E-state index contributed by atoms with van der Waals surface area (Å²) in [5.74, 6) is 0. The number of hydrogen-bond donors (Lipinski definition) is 2. The highest BCUT2D eigenvalue weighted by atomic mass is 16.3. The largest absolute Gasteiger partial charge is 0.387 e. The van der Waals surface area contributed by atoms with E-state index in [-0.39, 0.29) is 0 Å². The molecule has 2 N–H and O–H groups in total. The average Bonchev–Trinajstić information content (AvgIpc) is 2.85. The van der Waals surface area contributed by atoms with Crippen LogP contribution >= 0.6 is 0 Å². The molecule has 0 amide bonds. The highest BCUT2D eigenvalue weighted by Crippen LogP contribution is 2.41. The van der Waals surface area contributed by atoms with Crippen molar-refractivity contribution in [1.82, 2.24) is 4.98 Å². The molecule has 1 atom stereocenters. The molecule has 2 aromatic rings. The van der Waals surface area contributed by atoms with Crippen molar-refractivity contribution in [3.8, 4) is 0 Å². The van der Waals surface area contributed by atoms with Gasteiger partial charge in [-0.1, -0.05) is 31.0 Å². The van der Waals surface area contributed by atoms with Gasteiger partial charge in [-0.15, -0.1) is 0 Å². The fourth-order valence-electron chi connectivity index (χ4n) is 2.94. The van der Waals surface area contributed by atoms with Crippen LogP contribution in [0.1, 0.15) is 37.4 Å². The molecule has 0 spiro atoms. The van der Waals surface area contributed by atoms with Gasteiger partial charge >= 0.3 is 0 Å². The van der Waals surface area contributed by atoms with E-state index < -0.39 is 11.7 Å². The molecule has 1 saturated carbocycles. The number of hydrogen-bond acceptors (Lipinski definition) is 3. The molecule has 94 valence electrons. The van der Waals surface area contributed by atoms with Crippen LogP contribution in [-0.2, 0) is 0 Å². The molecular weight excluding hydrogens is 226 g/mol. The van der Waals surface area contributed by atoms with Crippen LogP contribution < -0.4 is 0 Å². The number of aliphatic hydroxyl groups excluding tert-OH is 1. The lowest BCUT2D eigenvalue weighted by molar-refractivity contribution is -0.0712. The maximum Gasteiger partial charge on any atom is 0.108 e. The molecular formula is C15H17NO2. The van der Waals surface area contributed by atoms with Crippen LogP contribution in [0.25, 0.3) is 10.8 Å². The third-order valence-corrected chi connectivity index (χ3v) is 3.99. The van der Waals surface area contributed by atoms with Crippen molar-refractivity contribution < 1.29 is 10.2 Å². The summed E-state index contributed by atoms with van der Waals surface area (Å²) in [6, 6.07) is 7.66. The van der Waals surface area contributed by atoms with Crippen LogP contribution in [-0.4, -0.2) is 20.8 Å². The van der Waals surface area contributed by atoms with Gasteiger partial charge in [-0.3, -0.25) is 4.98 Å².